The fraction of sp³-hybridized carbons (Fsp3) is 0.471. The number of imide groups is 1. The third kappa shape index (κ3) is 3.76. The number of amides is 3. The fourth-order valence-electron chi connectivity index (χ4n) is 3.31. The minimum Gasteiger partial charge on any atom is -0.340 e. The van der Waals surface area contributed by atoms with E-state index in [1.165, 1.54) is 4.90 Å². The van der Waals surface area contributed by atoms with Gasteiger partial charge in [-0.3, -0.25) is 19.3 Å². The predicted molar refractivity (Wildman–Crippen MR) is 95.1 cm³/mol. The summed E-state index contributed by atoms with van der Waals surface area (Å²) in [5, 5.41) is -0.391. The van der Waals surface area contributed by atoms with Crippen LogP contribution in [-0.2, 0) is 24.2 Å². The van der Waals surface area contributed by atoms with Crippen LogP contribution in [0.15, 0.2) is 24.3 Å². The van der Waals surface area contributed by atoms with Crippen LogP contribution >= 0.6 is 11.6 Å². The predicted octanol–water partition coefficient (Wildman–Crippen LogP) is 1.18. The smallest absolute Gasteiger partial charge is 0.242 e. The van der Waals surface area contributed by atoms with Gasteiger partial charge in [-0.2, -0.15) is 0 Å². The number of benzene rings is 1. The Morgan fingerprint density at radius 1 is 1.12 bits per heavy atom. The molecule has 2 fully saturated rings. The molecule has 0 aliphatic carbocycles. The maximum Gasteiger partial charge on any atom is 0.242 e. The molecule has 0 N–H and O–H groups in total. The zero-order valence-electron chi connectivity index (χ0n) is 14.1. The Labute approximate surface area is 156 Å². The summed E-state index contributed by atoms with van der Waals surface area (Å²) in [6, 6.07) is 6.79. The highest BCUT2D eigenvalue weighted by Gasteiger charge is 2.36. The molecule has 0 bridgehead atoms. The summed E-state index contributed by atoms with van der Waals surface area (Å²) in [7, 11) is -3.48. The molecule has 26 heavy (non-hydrogen) atoms. The quantitative estimate of drug-likeness (QED) is 0.713. The van der Waals surface area contributed by atoms with Crippen LogP contribution < -0.4 is 0 Å². The van der Waals surface area contributed by atoms with Crippen LogP contribution in [0.1, 0.15) is 30.1 Å². The second-order valence-corrected chi connectivity index (χ2v) is 9.13. The van der Waals surface area contributed by atoms with E-state index in [4.69, 9.17) is 11.6 Å². The van der Waals surface area contributed by atoms with Gasteiger partial charge in [0.05, 0.1) is 11.0 Å². The van der Waals surface area contributed by atoms with Crippen molar-refractivity contribution in [3.05, 3.63) is 34.9 Å². The van der Waals surface area contributed by atoms with Crippen LogP contribution in [0.25, 0.3) is 0 Å². The van der Waals surface area contributed by atoms with Crippen molar-refractivity contribution in [1.29, 1.82) is 0 Å². The molecule has 1 aromatic carbocycles. The summed E-state index contributed by atoms with van der Waals surface area (Å²) in [5.41, 5.74) is 0.536. The fourth-order valence-corrected chi connectivity index (χ4v) is 5.46. The molecule has 2 saturated heterocycles. The molecule has 2 aliphatic heterocycles. The average Bonchev–Trinajstić information content (AvgIpc) is 2.81. The highest BCUT2D eigenvalue weighted by molar-refractivity contribution is 7.91. The van der Waals surface area contributed by atoms with Gasteiger partial charge >= 0.3 is 0 Å². The van der Waals surface area contributed by atoms with Crippen molar-refractivity contribution in [2.45, 2.75) is 24.5 Å². The first-order valence-corrected chi connectivity index (χ1v) is 10.5. The van der Waals surface area contributed by atoms with E-state index < -0.39 is 21.0 Å². The molecule has 0 radical (unpaired) electrons. The second kappa shape index (κ2) is 7.36. The van der Waals surface area contributed by atoms with E-state index in [0.29, 0.717) is 10.6 Å². The van der Waals surface area contributed by atoms with Crippen molar-refractivity contribution in [1.82, 2.24) is 9.80 Å². The normalized spacial score (nSPS) is 23.2. The monoisotopic (exact) mass is 398 g/mol. The lowest BCUT2D eigenvalue weighted by Gasteiger charge is -2.23. The van der Waals surface area contributed by atoms with E-state index in [0.717, 1.165) is 4.90 Å². The third-order valence-electron chi connectivity index (χ3n) is 4.79. The third-order valence-corrected chi connectivity index (χ3v) is 7.25. The van der Waals surface area contributed by atoms with Gasteiger partial charge in [0.1, 0.15) is 6.54 Å². The van der Waals surface area contributed by atoms with E-state index in [2.05, 4.69) is 0 Å². The maximum absolute atomic E-state index is 12.7. The summed E-state index contributed by atoms with van der Waals surface area (Å²) in [6.45, 7) is -0.0585. The molecule has 1 aromatic rings. The molecule has 3 rings (SSSR count). The first-order valence-electron chi connectivity index (χ1n) is 8.36. The van der Waals surface area contributed by atoms with Gasteiger partial charge in [-0.05, 0) is 18.1 Å². The topological polar surface area (TPSA) is 91.8 Å². The Bertz CT molecular complexity index is 838. The molecule has 1 unspecified atom stereocenters. The Hall–Kier alpha value is -1.93. The van der Waals surface area contributed by atoms with Crippen molar-refractivity contribution in [3.8, 4) is 0 Å². The number of rotatable bonds is 3. The van der Waals surface area contributed by atoms with E-state index in [1.807, 2.05) is 0 Å². The van der Waals surface area contributed by atoms with Crippen molar-refractivity contribution in [3.63, 3.8) is 0 Å². The lowest BCUT2D eigenvalue weighted by Crippen LogP contribution is -2.43. The zero-order valence-corrected chi connectivity index (χ0v) is 15.6. The Morgan fingerprint density at radius 3 is 2.42 bits per heavy atom. The van der Waals surface area contributed by atoms with Crippen LogP contribution in [0, 0.1) is 0 Å². The number of likely N-dealkylation sites (tertiary alicyclic amines) is 1. The minimum absolute atomic E-state index is 0.0400. The van der Waals surface area contributed by atoms with Gasteiger partial charge < -0.3 is 4.90 Å². The molecule has 2 heterocycles. The van der Waals surface area contributed by atoms with E-state index in [1.54, 1.807) is 24.3 Å². The molecular formula is C17H19ClN2O5S. The summed E-state index contributed by atoms with van der Waals surface area (Å²) in [5.74, 6) is -1.32. The number of hydrogen-bond acceptors (Lipinski definition) is 5. The molecule has 0 aromatic heterocycles. The number of sulfone groups is 1. The molecular weight excluding hydrogens is 380 g/mol. The van der Waals surface area contributed by atoms with Gasteiger partial charge in [0, 0.05) is 31.0 Å². The average molecular weight is 399 g/mol. The molecule has 0 spiro atoms. The van der Waals surface area contributed by atoms with Crippen LogP contribution in [0.5, 0.6) is 0 Å². The van der Waals surface area contributed by atoms with E-state index in [9.17, 15) is 22.8 Å². The number of hydrogen-bond donors (Lipinski definition) is 0. The number of carbonyl (C=O) groups is 3. The van der Waals surface area contributed by atoms with Crippen LogP contribution in [0.3, 0.4) is 0 Å². The number of nitrogens with zero attached hydrogens (tertiary/aromatic N) is 2. The Morgan fingerprint density at radius 2 is 1.77 bits per heavy atom. The minimum atomic E-state index is -3.48. The summed E-state index contributed by atoms with van der Waals surface area (Å²) in [4.78, 5) is 38.2. The summed E-state index contributed by atoms with van der Waals surface area (Å²) in [6.07, 6.45) is 0.462. The van der Waals surface area contributed by atoms with Crippen molar-refractivity contribution < 1.29 is 22.8 Å². The molecule has 2 aliphatic rings. The van der Waals surface area contributed by atoms with Crippen LogP contribution in [-0.4, -0.2) is 61.3 Å². The molecule has 0 saturated carbocycles. The summed E-state index contributed by atoms with van der Waals surface area (Å²) < 4.78 is 25.3. The zero-order chi connectivity index (χ0) is 18.9. The van der Waals surface area contributed by atoms with Gasteiger partial charge in [-0.25, -0.2) is 8.42 Å². The molecule has 140 valence electrons. The maximum atomic E-state index is 12.7. The highest BCUT2D eigenvalue weighted by atomic mass is 35.5. The summed E-state index contributed by atoms with van der Waals surface area (Å²) >= 11 is 6.16. The second-order valence-electron chi connectivity index (χ2n) is 6.42. The first-order chi connectivity index (χ1) is 12.3. The Balaban J connectivity index is 1.74. The van der Waals surface area contributed by atoms with Crippen molar-refractivity contribution >= 4 is 39.2 Å². The number of halogens is 1. The standard InChI is InChI=1S/C17H19ClN2O5S/c18-13-4-2-1-3-12(13)14-7-8-19(9-10-26(14,24)25)17(23)11-20-15(21)5-6-16(20)22/h1-4,14H,5-11H2. The van der Waals surface area contributed by atoms with E-state index >= 15 is 0 Å². The lowest BCUT2D eigenvalue weighted by molar-refractivity contribution is -0.145. The van der Waals surface area contributed by atoms with Gasteiger partial charge in [0.2, 0.25) is 17.7 Å². The molecule has 7 nitrogen and oxygen atoms in total. The SMILES string of the molecule is O=C(CN1C(=O)CCC1=O)N1CCC(c2ccccc2Cl)S(=O)(=O)CC1. The molecule has 9 heteroatoms. The van der Waals surface area contributed by atoms with Crippen molar-refractivity contribution in [2.75, 3.05) is 25.4 Å². The lowest BCUT2D eigenvalue weighted by atomic mass is 10.1. The van der Waals surface area contributed by atoms with Gasteiger partial charge in [0.25, 0.3) is 0 Å². The number of carbonyl (C=O) groups excluding carboxylic acids is 3. The van der Waals surface area contributed by atoms with Crippen LogP contribution in [0.4, 0.5) is 0 Å². The van der Waals surface area contributed by atoms with Gasteiger partial charge in [-0.15, -0.1) is 0 Å². The van der Waals surface area contributed by atoms with Crippen LogP contribution in [0.2, 0.25) is 5.02 Å². The molecule has 3 amide bonds. The largest absolute Gasteiger partial charge is 0.340 e. The first kappa shape index (κ1) is 18.8. The Kier molecular flexibility index (Phi) is 5.34. The molecule has 1 atom stereocenters. The van der Waals surface area contributed by atoms with Gasteiger partial charge in [0.15, 0.2) is 9.84 Å². The highest BCUT2D eigenvalue weighted by Crippen LogP contribution is 2.33. The van der Waals surface area contributed by atoms with E-state index in [-0.39, 0.29) is 56.5 Å². The van der Waals surface area contributed by atoms with Crippen molar-refractivity contribution in [2.24, 2.45) is 0 Å². The van der Waals surface area contributed by atoms with Gasteiger partial charge in [-0.1, -0.05) is 29.8 Å².